The first kappa shape index (κ1) is 16.2. The second-order valence-electron chi connectivity index (χ2n) is 6.50. The van der Waals surface area contributed by atoms with E-state index in [4.69, 9.17) is 5.26 Å². The van der Waals surface area contributed by atoms with Crippen LogP contribution in [0.15, 0.2) is 18.2 Å². The molecule has 126 valence electrons. The van der Waals surface area contributed by atoms with Crippen molar-refractivity contribution in [1.29, 1.82) is 5.26 Å². The highest BCUT2D eigenvalue weighted by Gasteiger charge is 2.32. The number of benzene rings is 1. The molecule has 7 nitrogen and oxygen atoms in total. The quantitative estimate of drug-likeness (QED) is 0.676. The third-order valence-electron chi connectivity index (χ3n) is 4.89. The van der Waals surface area contributed by atoms with Gasteiger partial charge in [0.1, 0.15) is 11.6 Å². The van der Waals surface area contributed by atoms with E-state index in [9.17, 15) is 14.9 Å². The van der Waals surface area contributed by atoms with Crippen LogP contribution in [0, 0.1) is 27.4 Å². The molecule has 3 rings (SSSR count). The van der Waals surface area contributed by atoms with Gasteiger partial charge in [0, 0.05) is 36.8 Å². The standard InChI is InChI=1S/C17H20N4O3/c18-10-13-9-14(5-6-16(13)21(23)24)19-15-7-8-20(11-15)17(22)12-3-1-2-4-12/h5-6,9,12,15,19H,1-4,7-8,11H2. The first-order chi connectivity index (χ1) is 11.6. The molecular weight excluding hydrogens is 308 g/mol. The Labute approximate surface area is 140 Å². The molecule has 1 amide bonds. The van der Waals surface area contributed by atoms with Gasteiger partial charge in [-0.15, -0.1) is 0 Å². The van der Waals surface area contributed by atoms with E-state index in [1.165, 1.54) is 12.1 Å². The van der Waals surface area contributed by atoms with Crippen molar-refractivity contribution in [1.82, 2.24) is 4.90 Å². The highest BCUT2D eigenvalue weighted by molar-refractivity contribution is 5.79. The number of rotatable bonds is 4. The van der Waals surface area contributed by atoms with Gasteiger partial charge in [0.05, 0.1) is 4.92 Å². The predicted molar refractivity (Wildman–Crippen MR) is 88.4 cm³/mol. The molecule has 0 radical (unpaired) electrons. The number of likely N-dealkylation sites (tertiary alicyclic amines) is 1. The van der Waals surface area contributed by atoms with E-state index in [-0.39, 0.29) is 29.1 Å². The first-order valence-corrected chi connectivity index (χ1v) is 8.32. The van der Waals surface area contributed by atoms with Crippen molar-refractivity contribution in [3.8, 4) is 6.07 Å². The van der Waals surface area contributed by atoms with E-state index < -0.39 is 4.92 Å². The lowest BCUT2D eigenvalue weighted by Gasteiger charge is -2.21. The summed E-state index contributed by atoms with van der Waals surface area (Å²) in [5, 5.41) is 23.2. The minimum Gasteiger partial charge on any atom is -0.380 e. The van der Waals surface area contributed by atoms with Gasteiger partial charge < -0.3 is 10.2 Å². The zero-order valence-corrected chi connectivity index (χ0v) is 13.4. The van der Waals surface area contributed by atoms with Gasteiger partial charge in [-0.05, 0) is 31.4 Å². The third-order valence-corrected chi connectivity index (χ3v) is 4.89. The summed E-state index contributed by atoms with van der Waals surface area (Å²) in [6.07, 6.45) is 5.14. The van der Waals surface area contributed by atoms with Crippen LogP contribution in [0.2, 0.25) is 0 Å². The lowest BCUT2D eigenvalue weighted by molar-refractivity contribution is -0.385. The van der Waals surface area contributed by atoms with E-state index in [2.05, 4.69) is 5.32 Å². The Hall–Kier alpha value is -2.62. The molecule has 1 aromatic carbocycles. The molecule has 2 aliphatic rings. The van der Waals surface area contributed by atoms with Crippen LogP contribution in [0.1, 0.15) is 37.7 Å². The number of hydrogen-bond acceptors (Lipinski definition) is 5. The van der Waals surface area contributed by atoms with Gasteiger partial charge in [0.2, 0.25) is 5.91 Å². The van der Waals surface area contributed by atoms with Crippen LogP contribution in [-0.2, 0) is 4.79 Å². The maximum Gasteiger partial charge on any atom is 0.287 e. The number of nitro groups is 1. The second kappa shape index (κ2) is 6.87. The molecule has 1 N–H and O–H groups in total. The van der Waals surface area contributed by atoms with Crippen LogP contribution in [0.25, 0.3) is 0 Å². The molecule has 1 aliphatic heterocycles. The Bertz CT molecular complexity index is 692. The van der Waals surface area contributed by atoms with E-state index in [0.29, 0.717) is 12.2 Å². The van der Waals surface area contributed by atoms with Gasteiger partial charge in [0.15, 0.2) is 0 Å². The fourth-order valence-corrected chi connectivity index (χ4v) is 3.62. The normalized spacial score (nSPS) is 20.8. The summed E-state index contributed by atoms with van der Waals surface area (Å²) in [7, 11) is 0. The molecular formula is C17H20N4O3. The Morgan fingerprint density at radius 1 is 1.33 bits per heavy atom. The second-order valence-corrected chi connectivity index (χ2v) is 6.50. The summed E-state index contributed by atoms with van der Waals surface area (Å²) in [6.45, 7) is 1.39. The Morgan fingerprint density at radius 2 is 2.08 bits per heavy atom. The van der Waals surface area contributed by atoms with Crippen molar-refractivity contribution in [3.63, 3.8) is 0 Å². The first-order valence-electron chi connectivity index (χ1n) is 8.32. The zero-order chi connectivity index (χ0) is 17.1. The highest BCUT2D eigenvalue weighted by Crippen LogP contribution is 2.29. The molecule has 0 bridgehead atoms. The summed E-state index contributed by atoms with van der Waals surface area (Å²) >= 11 is 0. The minimum atomic E-state index is -0.556. The molecule has 1 heterocycles. The van der Waals surface area contributed by atoms with Crippen molar-refractivity contribution in [2.24, 2.45) is 5.92 Å². The largest absolute Gasteiger partial charge is 0.380 e. The average Bonchev–Trinajstić information content (AvgIpc) is 3.25. The lowest BCUT2D eigenvalue weighted by Crippen LogP contribution is -2.35. The Morgan fingerprint density at radius 3 is 2.75 bits per heavy atom. The van der Waals surface area contributed by atoms with Crippen LogP contribution >= 0.6 is 0 Å². The minimum absolute atomic E-state index is 0.0434. The predicted octanol–water partition coefficient (Wildman–Crippen LogP) is 2.67. The van der Waals surface area contributed by atoms with Crippen LogP contribution in [0.5, 0.6) is 0 Å². The third kappa shape index (κ3) is 3.32. The SMILES string of the molecule is N#Cc1cc(NC2CCN(C(=O)C3CCCC3)C2)ccc1[N+](=O)[O-]. The van der Waals surface area contributed by atoms with Gasteiger partial charge in [-0.1, -0.05) is 12.8 Å². The summed E-state index contributed by atoms with van der Waals surface area (Å²) < 4.78 is 0. The van der Waals surface area contributed by atoms with E-state index in [1.54, 1.807) is 6.07 Å². The van der Waals surface area contributed by atoms with Gasteiger partial charge >= 0.3 is 0 Å². The van der Waals surface area contributed by atoms with Crippen LogP contribution < -0.4 is 5.32 Å². The zero-order valence-electron chi connectivity index (χ0n) is 13.4. The summed E-state index contributed by atoms with van der Waals surface area (Å²) in [5.41, 5.74) is 0.534. The van der Waals surface area contributed by atoms with E-state index in [0.717, 1.165) is 38.6 Å². The molecule has 7 heteroatoms. The maximum absolute atomic E-state index is 12.4. The molecule has 1 saturated carbocycles. The number of anilines is 1. The van der Waals surface area contributed by atoms with E-state index >= 15 is 0 Å². The molecule has 1 atom stereocenters. The molecule has 1 saturated heterocycles. The Kier molecular flexibility index (Phi) is 4.65. The molecule has 0 spiro atoms. The molecule has 2 fully saturated rings. The topological polar surface area (TPSA) is 99.3 Å². The monoisotopic (exact) mass is 328 g/mol. The van der Waals surface area contributed by atoms with Gasteiger partial charge in [-0.3, -0.25) is 14.9 Å². The van der Waals surface area contributed by atoms with E-state index in [1.807, 2.05) is 11.0 Å². The van der Waals surface area contributed by atoms with Gasteiger partial charge in [-0.25, -0.2) is 0 Å². The van der Waals surface area contributed by atoms with Crippen molar-refractivity contribution in [2.45, 2.75) is 38.1 Å². The lowest BCUT2D eigenvalue weighted by atomic mass is 10.1. The summed E-state index contributed by atoms with van der Waals surface area (Å²) in [5.74, 6) is 0.450. The number of carbonyl (C=O) groups is 1. The smallest absolute Gasteiger partial charge is 0.287 e. The molecule has 1 aromatic rings. The molecule has 1 aliphatic carbocycles. The van der Waals surface area contributed by atoms with Crippen LogP contribution in [0.4, 0.5) is 11.4 Å². The fourth-order valence-electron chi connectivity index (χ4n) is 3.62. The number of hydrogen-bond donors (Lipinski definition) is 1. The highest BCUT2D eigenvalue weighted by atomic mass is 16.6. The number of carbonyl (C=O) groups excluding carboxylic acids is 1. The molecule has 1 unspecified atom stereocenters. The van der Waals surface area contributed by atoms with Crippen molar-refractivity contribution in [3.05, 3.63) is 33.9 Å². The fraction of sp³-hybridized carbons (Fsp3) is 0.529. The molecule has 24 heavy (non-hydrogen) atoms. The average molecular weight is 328 g/mol. The van der Waals surface area contributed by atoms with Crippen LogP contribution in [-0.4, -0.2) is 34.9 Å². The number of nitrogens with one attached hydrogen (secondary N) is 1. The number of nitro benzene ring substituents is 1. The van der Waals surface area contributed by atoms with Gasteiger partial charge in [-0.2, -0.15) is 5.26 Å². The molecule has 0 aromatic heterocycles. The van der Waals surface area contributed by atoms with Crippen molar-refractivity contribution < 1.29 is 9.72 Å². The summed E-state index contributed by atoms with van der Waals surface area (Å²) in [4.78, 5) is 24.7. The maximum atomic E-state index is 12.4. The number of nitriles is 1. The number of nitrogens with zero attached hydrogens (tertiary/aromatic N) is 3. The Balaban J connectivity index is 1.62. The van der Waals surface area contributed by atoms with Crippen molar-refractivity contribution >= 4 is 17.3 Å². The van der Waals surface area contributed by atoms with Gasteiger partial charge in [0.25, 0.3) is 5.69 Å². The summed E-state index contributed by atoms with van der Waals surface area (Å²) in [6, 6.07) is 6.43. The van der Waals surface area contributed by atoms with Crippen molar-refractivity contribution in [2.75, 3.05) is 18.4 Å². The number of amides is 1. The van der Waals surface area contributed by atoms with Crippen LogP contribution in [0.3, 0.4) is 0 Å².